The molecule has 42 heavy (non-hydrogen) atoms. The van der Waals surface area contributed by atoms with Gasteiger partial charge in [-0.3, -0.25) is 9.59 Å². The molecule has 3 aromatic carbocycles. The summed E-state index contributed by atoms with van der Waals surface area (Å²) < 4.78 is 5.41. The number of carbonyl (C=O) groups excluding carboxylic acids is 3. The number of anilines is 1. The molecule has 0 heterocycles. The lowest BCUT2D eigenvalue weighted by Gasteiger charge is -2.35. The second-order valence-corrected chi connectivity index (χ2v) is 12.1. The maximum absolute atomic E-state index is 14.3. The molecule has 3 amide bonds. The fourth-order valence-corrected chi connectivity index (χ4v) is 5.21. The Balaban J connectivity index is 2.00. The van der Waals surface area contributed by atoms with Gasteiger partial charge in [0.15, 0.2) is 0 Å². The summed E-state index contributed by atoms with van der Waals surface area (Å²) in [6.45, 7) is 13.4. The molecule has 3 rings (SSSR count). The molecule has 0 aliphatic rings. The van der Waals surface area contributed by atoms with Crippen molar-refractivity contribution in [3.63, 3.8) is 0 Å². The molecule has 2 N–H and O–H groups in total. The van der Waals surface area contributed by atoms with Crippen LogP contribution in [0.2, 0.25) is 0 Å². The van der Waals surface area contributed by atoms with Crippen LogP contribution in [0.5, 0.6) is 0 Å². The predicted molar refractivity (Wildman–Crippen MR) is 171 cm³/mol. The number of unbranched alkanes of at least 4 members (excludes halogenated alkanes) is 4. The first-order valence-electron chi connectivity index (χ1n) is 15.1. The molecule has 2 unspecified atom stereocenters. The van der Waals surface area contributed by atoms with E-state index in [1.807, 2.05) is 74.5 Å². The molecule has 0 aliphatic carbocycles. The van der Waals surface area contributed by atoms with Gasteiger partial charge in [0.25, 0.3) is 5.91 Å². The maximum atomic E-state index is 14.3. The third-order valence-corrected chi connectivity index (χ3v) is 7.28. The molecule has 0 aliphatic heterocycles. The summed E-state index contributed by atoms with van der Waals surface area (Å²) in [4.78, 5) is 42.6. The standard InChI is InChI=1S/C35H47N3O4/c1-8-9-10-11-14-22-38(33(40)26(4)36-34(41)42-35(5,6)7)31(30-24(2)16-15-17-25(30)3)32(39)37-29-21-20-27-18-12-13-19-28(27)23-29/h12-13,15-21,23,26,31H,8-11,14,22H2,1-7H3,(H,36,41)(H,37,39). The van der Waals surface area contributed by atoms with Crippen LogP contribution in [0.15, 0.2) is 60.7 Å². The third kappa shape index (κ3) is 9.07. The van der Waals surface area contributed by atoms with Crippen molar-refractivity contribution in [3.05, 3.63) is 77.4 Å². The lowest BCUT2D eigenvalue weighted by atomic mass is 9.93. The first-order chi connectivity index (χ1) is 19.9. The summed E-state index contributed by atoms with van der Waals surface area (Å²) in [5.74, 6) is -0.633. The predicted octanol–water partition coefficient (Wildman–Crippen LogP) is 7.85. The van der Waals surface area contributed by atoms with Gasteiger partial charge in [-0.25, -0.2) is 4.79 Å². The van der Waals surface area contributed by atoms with Gasteiger partial charge in [-0.15, -0.1) is 0 Å². The van der Waals surface area contributed by atoms with Crippen LogP contribution in [0.1, 0.15) is 89.5 Å². The zero-order chi connectivity index (χ0) is 30.9. The fourth-order valence-electron chi connectivity index (χ4n) is 5.21. The monoisotopic (exact) mass is 573 g/mol. The minimum Gasteiger partial charge on any atom is -0.444 e. The van der Waals surface area contributed by atoms with Crippen molar-refractivity contribution in [2.45, 2.75) is 98.3 Å². The molecule has 0 fully saturated rings. The van der Waals surface area contributed by atoms with Crippen molar-refractivity contribution in [1.82, 2.24) is 10.2 Å². The average Bonchev–Trinajstić information content (AvgIpc) is 2.92. The van der Waals surface area contributed by atoms with Crippen LogP contribution < -0.4 is 10.6 Å². The van der Waals surface area contributed by atoms with Crippen LogP contribution >= 0.6 is 0 Å². The molecule has 226 valence electrons. The Hall–Kier alpha value is -3.87. The molecular formula is C35H47N3O4. The minimum absolute atomic E-state index is 0.297. The number of rotatable bonds is 12. The highest BCUT2D eigenvalue weighted by Crippen LogP contribution is 2.31. The average molecular weight is 574 g/mol. The molecule has 0 aromatic heterocycles. The van der Waals surface area contributed by atoms with Gasteiger partial charge in [0, 0.05) is 12.2 Å². The Morgan fingerprint density at radius 1 is 0.857 bits per heavy atom. The topological polar surface area (TPSA) is 87.7 Å². The zero-order valence-corrected chi connectivity index (χ0v) is 26.3. The molecule has 7 nitrogen and oxygen atoms in total. The van der Waals surface area contributed by atoms with Crippen LogP contribution in [0.25, 0.3) is 10.8 Å². The SMILES string of the molecule is CCCCCCCN(C(=O)C(C)NC(=O)OC(C)(C)C)C(C(=O)Nc1ccc2ccccc2c1)c1c(C)cccc1C. The number of carbonyl (C=O) groups is 3. The van der Waals surface area contributed by atoms with Crippen LogP contribution in [-0.4, -0.2) is 41.0 Å². The smallest absolute Gasteiger partial charge is 0.408 e. The maximum Gasteiger partial charge on any atom is 0.408 e. The van der Waals surface area contributed by atoms with Crippen molar-refractivity contribution in [1.29, 1.82) is 0 Å². The summed E-state index contributed by atoms with van der Waals surface area (Å²) in [6.07, 6.45) is 4.30. The Labute approximate surface area is 251 Å². The van der Waals surface area contributed by atoms with Crippen LogP contribution in [0.4, 0.5) is 10.5 Å². The van der Waals surface area contributed by atoms with E-state index in [1.165, 1.54) is 0 Å². The number of fused-ring (bicyclic) bond motifs is 1. The van der Waals surface area contributed by atoms with Crippen molar-refractivity contribution in [3.8, 4) is 0 Å². The van der Waals surface area contributed by atoms with Gasteiger partial charge in [-0.1, -0.05) is 81.1 Å². The normalized spacial score (nSPS) is 12.8. The summed E-state index contributed by atoms with van der Waals surface area (Å²) in [7, 11) is 0. The number of nitrogens with one attached hydrogen (secondary N) is 2. The van der Waals surface area contributed by atoms with Crippen molar-refractivity contribution in [2.75, 3.05) is 11.9 Å². The quantitative estimate of drug-likeness (QED) is 0.216. The van der Waals surface area contributed by atoms with Crippen molar-refractivity contribution in [2.24, 2.45) is 0 Å². The van der Waals surface area contributed by atoms with Crippen molar-refractivity contribution >= 4 is 34.4 Å². The number of alkyl carbamates (subject to hydrolysis) is 1. The Morgan fingerprint density at radius 3 is 2.14 bits per heavy atom. The second-order valence-electron chi connectivity index (χ2n) is 12.1. The van der Waals surface area contributed by atoms with Crippen LogP contribution in [0.3, 0.4) is 0 Å². The number of ether oxygens (including phenoxy) is 1. The molecule has 0 saturated carbocycles. The van der Waals surface area contributed by atoms with E-state index in [0.717, 1.165) is 59.6 Å². The highest BCUT2D eigenvalue weighted by molar-refractivity contribution is 6.00. The van der Waals surface area contributed by atoms with Crippen molar-refractivity contribution < 1.29 is 19.1 Å². The Kier molecular flexibility index (Phi) is 11.5. The lowest BCUT2D eigenvalue weighted by Crippen LogP contribution is -2.51. The molecular weight excluding hydrogens is 526 g/mol. The van der Waals surface area contributed by atoms with E-state index in [9.17, 15) is 14.4 Å². The molecule has 0 spiro atoms. The van der Waals surface area contributed by atoms with Gasteiger partial charge in [0.2, 0.25) is 5.91 Å². The minimum atomic E-state index is -0.893. The summed E-state index contributed by atoms with van der Waals surface area (Å²) >= 11 is 0. The van der Waals surface area contributed by atoms with E-state index in [-0.39, 0.29) is 11.8 Å². The van der Waals surface area contributed by atoms with E-state index in [2.05, 4.69) is 17.6 Å². The molecule has 3 aromatic rings. The third-order valence-electron chi connectivity index (χ3n) is 7.28. The summed E-state index contributed by atoms with van der Waals surface area (Å²) in [5.41, 5.74) is 2.59. The molecule has 2 atom stereocenters. The number of benzene rings is 3. The highest BCUT2D eigenvalue weighted by Gasteiger charge is 2.36. The van der Waals surface area contributed by atoms with E-state index in [4.69, 9.17) is 4.74 Å². The number of hydrogen-bond acceptors (Lipinski definition) is 4. The summed E-state index contributed by atoms with van der Waals surface area (Å²) in [6, 6.07) is 17.9. The number of nitrogens with zero attached hydrogens (tertiary/aromatic N) is 1. The van der Waals surface area contributed by atoms with Gasteiger partial charge in [-0.2, -0.15) is 0 Å². The molecule has 0 bridgehead atoms. The molecule has 7 heteroatoms. The molecule has 0 saturated heterocycles. The Morgan fingerprint density at radius 2 is 1.50 bits per heavy atom. The van der Waals surface area contributed by atoms with E-state index >= 15 is 0 Å². The van der Waals surface area contributed by atoms with Gasteiger partial charge >= 0.3 is 6.09 Å². The van der Waals surface area contributed by atoms with E-state index < -0.39 is 23.8 Å². The van der Waals surface area contributed by atoms with Crippen LogP contribution in [0, 0.1) is 13.8 Å². The van der Waals surface area contributed by atoms with E-state index in [1.54, 1.807) is 32.6 Å². The highest BCUT2D eigenvalue weighted by atomic mass is 16.6. The number of aryl methyl sites for hydroxylation is 2. The van der Waals surface area contributed by atoms with Gasteiger partial charge in [-0.05, 0) is 87.6 Å². The summed E-state index contributed by atoms with van der Waals surface area (Å²) in [5, 5.41) is 7.88. The lowest BCUT2D eigenvalue weighted by molar-refractivity contribution is -0.140. The van der Waals surface area contributed by atoms with Gasteiger partial charge in [0.1, 0.15) is 17.7 Å². The van der Waals surface area contributed by atoms with Gasteiger partial charge < -0.3 is 20.3 Å². The number of amides is 3. The fraction of sp³-hybridized carbons (Fsp3) is 0.457. The van der Waals surface area contributed by atoms with E-state index in [0.29, 0.717) is 12.2 Å². The number of hydrogen-bond donors (Lipinski definition) is 2. The first-order valence-corrected chi connectivity index (χ1v) is 15.1. The zero-order valence-electron chi connectivity index (χ0n) is 26.3. The Bertz CT molecular complexity index is 1360. The van der Waals surface area contributed by atoms with Crippen LogP contribution in [-0.2, 0) is 14.3 Å². The second kappa shape index (κ2) is 14.9. The largest absolute Gasteiger partial charge is 0.444 e. The molecule has 0 radical (unpaired) electrons. The van der Waals surface area contributed by atoms with Gasteiger partial charge in [0.05, 0.1) is 0 Å². The first kappa shape index (κ1) is 32.6.